The van der Waals surface area contributed by atoms with Crippen LogP contribution in [0.3, 0.4) is 0 Å². The lowest BCUT2D eigenvalue weighted by molar-refractivity contribution is 0.0671. The van der Waals surface area contributed by atoms with Crippen LogP contribution in [0.4, 0.5) is 0 Å². The van der Waals surface area contributed by atoms with Gasteiger partial charge in [-0.2, -0.15) is 5.10 Å². The summed E-state index contributed by atoms with van der Waals surface area (Å²) >= 11 is 0. The Morgan fingerprint density at radius 3 is 2.77 bits per heavy atom. The van der Waals surface area contributed by atoms with E-state index in [4.69, 9.17) is 0 Å². The van der Waals surface area contributed by atoms with Crippen LogP contribution in [0.1, 0.15) is 43.6 Å². The van der Waals surface area contributed by atoms with Crippen molar-refractivity contribution in [3.05, 3.63) is 42.1 Å². The van der Waals surface area contributed by atoms with Crippen LogP contribution in [-0.2, 0) is 0 Å². The number of carbonyl (C=O) groups is 1. The molecular formula is C18H23N3O. The van der Waals surface area contributed by atoms with Gasteiger partial charge in [0.1, 0.15) is 5.69 Å². The minimum Gasteiger partial charge on any atom is -0.334 e. The van der Waals surface area contributed by atoms with E-state index in [2.05, 4.69) is 24.0 Å². The normalized spacial score (nSPS) is 22.4. The average molecular weight is 297 g/mol. The van der Waals surface area contributed by atoms with E-state index in [9.17, 15) is 4.79 Å². The first-order chi connectivity index (χ1) is 10.6. The van der Waals surface area contributed by atoms with Crippen molar-refractivity contribution < 1.29 is 4.79 Å². The Balaban J connectivity index is 1.81. The van der Waals surface area contributed by atoms with Crippen molar-refractivity contribution in [1.29, 1.82) is 0 Å². The number of nitrogens with zero attached hydrogens (tertiary/aromatic N) is 2. The second kappa shape index (κ2) is 6.34. The zero-order valence-electron chi connectivity index (χ0n) is 13.2. The minimum atomic E-state index is 0.0657. The number of nitrogens with one attached hydrogen (secondary N) is 1. The molecule has 0 spiro atoms. The number of hydrogen-bond donors (Lipinski definition) is 1. The standard InChI is InChI=1S/C18H23N3O/c1-13-7-6-8-14(2)21(12-13)18(22)17-11-16(19-20-17)15-9-4-3-5-10-15/h3-5,9-11,13-14H,6-8,12H2,1-2H3,(H,19,20)/t13-,14+/m1/s1. The molecule has 22 heavy (non-hydrogen) atoms. The molecular weight excluding hydrogens is 274 g/mol. The highest BCUT2D eigenvalue weighted by molar-refractivity contribution is 5.93. The van der Waals surface area contributed by atoms with Gasteiger partial charge in [0, 0.05) is 18.2 Å². The monoisotopic (exact) mass is 297 g/mol. The van der Waals surface area contributed by atoms with Gasteiger partial charge in [0.2, 0.25) is 0 Å². The number of hydrogen-bond acceptors (Lipinski definition) is 2. The number of rotatable bonds is 2. The van der Waals surface area contributed by atoms with Crippen molar-refractivity contribution >= 4 is 5.91 Å². The summed E-state index contributed by atoms with van der Waals surface area (Å²) in [5.41, 5.74) is 2.43. The molecule has 3 rings (SSSR count). The number of aromatic amines is 1. The molecule has 1 aliphatic heterocycles. The van der Waals surface area contributed by atoms with Gasteiger partial charge < -0.3 is 4.90 Å². The van der Waals surface area contributed by atoms with Crippen molar-refractivity contribution in [1.82, 2.24) is 15.1 Å². The van der Waals surface area contributed by atoms with E-state index in [0.717, 1.165) is 24.2 Å². The van der Waals surface area contributed by atoms with E-state index >= 15 is 0 Å². The summed E-state index contributed by atoms with van der Waals surface area (Å²) < 4.78 is 0. The molecule has 0 radical (unpaired) electrons. The molecule has 2 atom stereocenters. The van der Waals surface area contributed by atoms with E-state index in [1.807, 2.05) is 41.3 Å². The highest BCUT2D eigenvalue weighted by atomic mass is 16.2. The maximum absolute atomic E-state index is 12.8. The largest absolute Gasteiger partial charge is 0.334 e. The summed E-state index contributed by atoms with van der Waals surface area (Å²) in [7, 11) is 0. The topological polar surface area (TPSA) is 49.0 Å². The molecule has 0 saturated carbocycles. The predicted octanol–water partition coefficient (Wildman–Crippen LogP) is 3.73. The fourth-order valence-corrected chi connectivity index (χ4v) is 3.15. The summed E-state index contributed by atoms with van der Waals surface area (Å²) in [6.45, 7) is 5.20. The second-order valence-electron chi connectivity index (χ2n) is 6.38. The molecule has 2 heterocycles. The number of likely N-dealkylation sites (tertiary alicyclic amines) is 1. The van der Waals surface area contributed by atoms with Crippen molar-refractivity contribution in [2.24, 2.45) is 5.92 Å². The molecule has 1 aromatic carbocycles. The van der Waals surface area contributed by atoms with Crippen LogP contribution >= 0.6 is 0 Å². The summed E-state index contributed by atoms with van der Waals surface area (Å²) in [5, 5.41) is 7.21. The van der Waals surface area contributed by atoms with Crippen molar-refractivity contribution in [3.8, 4) is 11.3 Å². The smallest absolute Gasteiger partial charge is 0.272 e. The molecule has 1 N–H and O–H groups in total. The zero-order chi connectivity index (χ0) is 15.5. The molecule has 2 aromatic rings. The summed E-state index contributed by atoms with van der Waals surface area (Å²) in [6.07, 6.45) is 3.48. The van der Waals surface area contributed by atoms with Crippen LogP contribution in [0.2, 0.25) is 0 Å². The van der Waals surface area contributed by atoms with Crippen LogP contribution in [0.15, 0.2) is 36.4 Å². The molecule has 116 valence electrons. The Morgan fingerprint density at radius 1 is 1.23 bits per heavy atom. The van der Waals surface area contributed by atoms with Crippen LogP contribution in [0.5, 0.6) is 0 Å². The van der Waals surface area contributed by atoms with Gasteiger partial charge >= 0.3 is 0 Å². The molecule has 1 aromatic heterocycles. The Hall–Kier alpha value is -2.10. The number of carbonyl (C=O) groups excluding carboxylic acids is 1. The molecule has 0 bridgehead atoms. The van der Waals surface area contributed by atoms with Crippen molar-refractivity contribution in [3.63, 3.8) is 0 Å². The van der Waals surface area contributed by atoms with Gasteiger partial charge in [-0.05, 0) is 31.7 Å². The van der Waals surface area contributed by atoms with Crippen molar-refractivity contribution in [2.45, 2.75) is 39.2 Å². The third kappa shape index (κ3) is 3.06. The van der Waals surface area contributed by atoms with Gasteiger partial charge in [-0.25, -0.2) is 0 Å². The first-order valence-corrected chi connectivity index (χ1v) is 8.07. The lowest BCUT2D eigenvalue weighted by Crippen LogP contribution is -2.40. The van der Waals surface area contributed by atoms with Crippen LogP contribution in [0.25, 0.3) is 11.3 Å². The maximum atomic E-state index is 12.8. The fourth-order valence-electron chi connectivity index (χ4n) is 3.15. The van der Waals surface area contributed by atoms with E-state index < -0.39 is 0 Å². The quantitative estimate of drug-likeness (QED) is 0.918. The molecule has 1 fully saturated rings. The third-order valence-electron chi connectivity index (χ3n) is 4.50. The number of aromatic nitrogens is 2. The summed E-state index contributed by atoms with van der Waals surface area (Å²) in [6, 6.07) is 12.1. The first kappa shape index (κ1) is 14.8. The lowest BCUT2D eigenvalue weighted by atomic mass is 10.1. The molecule has 4 nitrogen and oxygen atoms in total. The van der Waals surface area contributed by atoms with Gasteiger partial charge in [-0.15, -0.1) is 0 Å². The van der Waals surface area contributed by atoms with E-state index in [1.54, 1.807) is 0 Å². The summed E-state index contributed by atoms with van der Waals surface area (Å²) in [5.74, 6) is 0.626. The second-order valence-corrected chi connectivity index (χ2v) is 6.38. The molecule has 0 unspecified atom stereocenters. The number of benzene rings is 1. The van der Waals surface area contributed by atoms with Gasteiger partial charge in [-0.3, -0.25) is 9.89 Å². The molecule has 0 aliphatic carbocycles. The van der Waals surface area contributed by atoms with Gasteiger partial charge in [0.25, 0.3) is 5.91 Å². The minimum absolute atomic E-state index is 0.0657. The SMILES string of the molecule is C[C@@H]1CCC[C@H](C)N(C(=O)c2cc(-c3ccccc3)n[nH]2)C1. The Labute approximate surface area is 131 Å². The third-order valence-corrected chi connectivity index (χ3v) is 4.50. The predicted molar refractivity (Wildman–Crippen MR) is 87.5 cm³/mol. The highest BCUT2D eigenvalue weighted by Crippen LogP contribution is 2.23. The van der Waals surface area contributed by atoms with E-state index in [1.165, 1.54) is 12.8 Å². The molecule has 1 aliphatic rings. The van der Waals surface area contributed by atoms with Crippen LogP contribution < -0.4 is 0 Å². The van der Waals surface area contributed by atoms with E-state index in [-0.39, 0.29) is 5.91 Å². The lowest BCUT2D eigenvalue weighted by Gasteiger charge is -2.28. The zero-order valence-corrected chi connectivity index (χ0v) is 13.2. The maximum Gasteiger partial charge on any atom is 0.272 e. The van der Waals surface area contributed by atoms with Crippen LogP contribution in [0, 0.1) is 5.92 Å². The fraction of sp³-hybridized carbons (Fsp3) is 0.444. The Morgan fingerprint density at radius 2 is 2.00 bits per heavy atom. The van der Waals surface area contributed by atoms with Crippen molar-refractivity contribution in [2.75, 3.05) is 6.54 Å². The van der Waals surface area contributed by atoms with Gasteiger partial charge in [0.05, 0.1) is 5.69 Å². The van der Waals surface area contributed by atoms with E-state index in [0.29, 0.717) is 17.7 Å². The number of amides is 1. The van der Waals surface area contributed by atoms with Gasteiger partial charge in [0.15, 0.2) is 0 Å². The molecule has 1 amide bonds. The Kier molecular flexibility index (Phi) is 4.27. The number of H-pyrrole nitrogens is 1. The first-order valence-electron chi connectivity index (χ1n) is 8.07. The highest BCUT2D eigenvalue weighted by Gasteiger charge is 2.27. The molecule has 4 heteroatoms. The van der Waals surface area contributed by atoms with Gasteiger partial charge in [-0.1, -0.05) is 43.7 Å². The Bertz CT molecular complexity index is 635. The summed E-state index contributed by atoms with van der Waals surface area (Å²) in [4.78, 5) is 14.8. The average Bonchev–Trinajstić information content (AvgIpc) is 2.96. The van der Waals surface area contributed by atoms with Crippen LogP contribution in [-0.4, -0.2) is 33.6 Å². The molecule has 1 saturated heterocycles.